The van der Waals surface area contributed by atoms with Gasteiger partial charge in [-0.1, -0.05) is 60.7 Å². The van der Waals surface area contributed by atoms with Crippen LogP contribution in [-0.2, 0) is 20.8 Å². The summed E-state index contributed by atoms with van der Waals surface area (Å²) in [5.74, 6) is -0.563. The Hall–Kier alpha value is -3.40. The molecule has 1 amide bonds. The Morgan fingerprint density at radius 3 is 2.12 bits per heavy atom. The SMILES string of the molecule is CCOc1nc(OC)c(CN2C[C@@H]3CN(C(=O)C4COCOC4)CCN3[C@H](C(c3ccccc3)c3ccccc3)C2)c(OCC(F)(F)F)n1.Cl.Cl. The van der Waals surface area contributed by atoms with Gasteiger partial charge in [-0.2, -0.15) is 23.1 Å². The van der Waals surface area contributed by atoms with Crippen molar-refractivity contribution in [2.45, 2.75) is 37.6 Å². The minimum atomic E-state index is -4.58. The standard InChI is InChI=1S/C35H42F3N5O6.2ClH/c1-3-48-34-39-31(45-2)28(32(40-34)49-22-35(36,37)38)18-41-16-27-17-42(33(44)26-20-46-23-47-21-26)14-15-43(27)29(19-41)30(24-10-6-4-7-11-24)25-12-8-5-9-13-25;;/h4-13,26-27,29-30H,3,14-23H2,1-2H3;2*1H/t27-,29+;;/m1../s1. The van der Waals surface area contributed by atoms with Gasteiger partial charge in [0.1, 0.15) is 6.79 Å². The van der Waals surface area contributed by atoms with Gasteiger partial charge >= 0.3 is 12.2 Å². The zero-order valence-electron chi connectivity index (χ0n) is 28.5. The summed E-state index contributed by atoms with van der Waals surface area (Å²) in [7, 11) is 1.40. The van der Waals surface area contributed by atoms with Gasteiger partial charge in [0.05, 0.1) is 38.4 Å². The van der Waals surface area contributed by atoms with E-state index in [1.54, 1.807) is 6.92 Å². The number of halogens is 5. The van der Waals surface area contributed by atoms with Crippen molar-refractivity contribution >= 4 is 30.7 Å². The van der Waals surface area contributed by atoms with E-state index in [0.717, 1.165) is 11.1 Å². The fraction of sp³-hybridized carbons (Fsp3) is 0.514. The van der Waals surface area contributed by atoms with Crippen molar-refractivity contribution < 1.29 is 41.7 Å². The van der Waals surface area contributed by atoms with Crippen LogP contribution in [0.2, 0.25) is 0 Å². The van der Waals surface area contributed by atoms with Crippen molar-refractivity contribution in [1.82, 2.24) is 24.7 Å². The fourth-order valence-corrected chi connectivity index (χ4v) is 7.10. The molecule has 280 valence electrons. The second-order valence-corrected chi connectivity index (χ2v) is 12.4. The van der Waals surface area contributed by atoms with E-state index in [9.17, 15) is 18.0 Å². The van der Waals surface area contributed by atoms with E-state index in [-0.39, 0.29) is 92.4 Å². The quantitative estimate of drug-likeness (QED) is 0.271. The molecule has 3 aliphatic rings. The summed E-state index contributed by atoms with van der Waals surface area (Å²) >= 11 is 0. The molecule has 16 heteroatoms. The molecular weight excluding hydrogens is 714 g/mol. The summed E-state index contributed by atoms with van der Waals surface area (Å²) < 4.78 is 67.2. The summed E-state index contributed by atoms with van der Waals surface area (Å²) in [6.07, 6.45) is -4.58. The van der Waals surface area contributed by atoms with Gasteiger partial charge in [0.15, 0.2) is 6.61 Å². The van der Waals surface area contributed by atoms with Crippen LogP contribution in [0.5, 0.6) is 17.8 Å². The Kier molecular flexibility index (Phi) is 14.6. The van der Waals surface area contributed by atoms with E-state index >= 15 is 0 Å². The first-order valence-corrected chi connectivity index (χ1v) is 16.5. The maximum atomic E-state index is 13.6. The topological polar surface area (TPSA) is 98.7 Å². The average Bonchev–Trinajstić information content (AvgIpc) is 3.12. The second-order valence-electron chi connectivity index (χ2n) is 12.4. The zero-order chi connectivity index (χ0) is 34.4. The minimum Gasteiger partial charge on any atom is -0.481 e. The van der Waals surface area contributed by atoms with E-state index in [4.69, 9.17) is 23.7 Å². The maximum absolute atomic E-state index is 13.6. The molecule has 3 fully saturated rings. The van der Waals surface area contributed by atoms with Crippen molar-refractivity contribution in [3.05, 3.63) is 77.4 Å². The van der Waals surface area contributed by atoms with Crippen molar-refractivity contribution in [2.75, 3.05) is 73.1 Å². The van der Waals surface area contributed by atoms with Crippen LogP contribution < -0.4 is 14.2 Å². The number of methoxy groups -OCH3 is 1. The van der Waals surface area contributed by atoms with Crippen LogP contribution in [0.25, 0.3) is 0 Å². The van der Waals surface area contributed by atoms with Crippen LogP contribution in [0.4, 0.5) is 13.2 Å². The van der Waals surface area contributed by atoms with Gasteiger partial charge in [-0.15, -0.1) is 24.8 Å². The highest BCUT2D eigenvalue weighted by Gasteiger charge is 2.44. The molecule has 3 aromatic rings. The molecule has 0 bridgehead atoms. The van der Waals surface area contributed by atoms with Crippen LogP contribution in [0, 0.1) is 5.92 Å². The molecule has 0 radical (unpaired) electrons. The van der Waals surface area contributed by atoms with Gasteiger partial charge in [-0.05, 0) is 18.1 Å². The lowest BCUT2D eigenvalue weighted by Gasteiger charge is -2.54. The first-order valence-electron chi connectivity index (χ1n) is 16.5. The lowest BCUT2D eigenvalue weighted by molar-refractivity contribution is -0.164. The highest BCUT2D eigenvalue weighted by atomic mass is 35.5. The molecule has 4 heterocycles. The number of piperazine rings is 2. The Balaban J connectivity index is 0.00000292. The van der Waals surface area contributed by atoms with Gasteiger partial charge in [0.2, 0.25) is 17.7 Å². The summed E-state index contributed by atoms with van der Waals surface area (Å²) in [5.41, 5.74) is 2.58. The number of hydrogen-bond acceptors (Lipinski definition) is 10. The molecule has 2 atom stereocenters. The van der Waals surface area contributed by atoms with E-state index < -0.39 is 12.8 Å². The van der Waals surface area contributed by atoms with Gasteiger partial charge in [0.25, 0.3) is 0 Å². The third kappa shape index (κ3) is 9.93. The van der Waals surface area contributed by atoms with Crippen molar-refractivity contribution in [1.29, 1.82) is 0 Å². The summed E-state index contributed by atoms with van der Waals surface area (Å²) in [6.45, 7) is 4.19. The maximum Gasteiger partial charge on any atom is 0.422 e. The lowest BCUT2D eigenvalue weighted by atomic mass is 9.81. The van der Waals surface area contributed by atoms with Crippen LogP contribution in [0.3, 0.4) is 0 Å². The number of ether oxygens (including phenoxy) is 5. The van der Waals surface area contributed by atoms with Crippen LogP contribution in [0.1, 0.15) is 29.5 Å². The molecule has 51 heavy (non-hydrogen) atoms. The summed E-state index contributed by atoms with van der Waals surface area (Å²) in [5, 5.41) is 0. The summed E-state index contributed by atoms with van der Waals surface area (Å²) in [4.78, 5) is 28.7. The van der Waals surface area contributed by atoms with Gasteiger partial charge in [-0.25, -0.2) is 0 Å². The number of fused-ring (bicyclic) bond motifs is 1. The Morgan fingerprint density at radius 1 is 0.902 bits per heavy atom. The third-order valence-electron chi connectivity index (χ3n) is 9.17. The molecule has 0 N–H and O–H groups in total. The largest absolute Gasteiger partial charge is 0.481 e. The zero-order valence-corrected chi connectivity index (χ0v) is 30.1. The number of hydrogen-bond donors (Lipinski definition) is 0. The predicted octanol–water partition coefficient (Wildman–Crippen LogP) is 4.82. The monoisotopic (exact) mass is 757 g/mol. The normalized spacial score (nSPS) is 20.2. The van der Waals surface area contributed by atoms with Crippen molar-refractivity contribution in [2.24, 2.45) is 5.92 Å². The van der Waals surface area contributed by atoms with Gasteiger partial charge in [0, 0.05) is 57.3 Å². The minimum absolute atomic E-state index is 0. The molecule has 0 spiro atoms. The number of amides is 1. The first-order chi connectivity index (χ1) is 23.7. The molecule has 11 nitrogen and oxygen atoms in total. The highest BCUT2D eigenvalue weighted by molar-refractivity contribution is 5.85. The molecule has 0 saturated carbocycles. The third-order valence-corrected chi connectivity index (χ3v) is 9.17. The van der Waals surface area contributed by atoms with Crippen LogP contribution >= 0.6 is 24.8 Å². The molecule has 1 aromatic heterocycles. The van der Waals surface area contributed by atoms with Gasteiger partial charge < -0.3 is 28.6 Å². The second kappa shape index (κ2) is 18.4. The molecule has 3 aliphatic heterocycles. The van der Waals surface area contributed by atoms with E-state index in [1.165, 1.54) is 7.11 Å². The molecule has 6 rings (SSSR count). The molecule has 3 saturated heterocycles. The molecule has 0 aliphatic carbocycles. The van der Waals surface area contributed by atoms with E-state index in [0.29, 0.717) is 51.5 Å². The molecular formula is C35H44Cl2F3N5O6. The molecule has 0 unspecified atom stereocenters. The fourth-order valence-electron chi connectivity index (χ4n) is 7.10. The number of benzene rings is 2. The predicted molar refractivity (Wildman–Crippen MR) is 187 cm³/mol. The Labute approximate surface area is 308 Å². The number of rotatable bonds is 11. The van der Waals surface area contributed by atoms with Gasteiger partial charge in [-0.3, -0.25) is 14.6 Å². The smallest absolute Gasteiger partial charge is 0.422 e. The van der Waals surface area contributed by atoms with E-state index in [2.05, 4.69) is 44.0 Å². The lowest BCUT2D eigenvalue weighted by Crippen LogP contribution is -2.67. The number of carbonyl (C=O) groups is 1. The Morgan fingerprint density at radius 2 is 1.53 bits per heavy atom. The number of nitrogens with zero attached hydrogens (tertiary/aromatic N) is 5. The van der Waals surface area contributed by atoms with Crippen molar-refractivity contribution in [3.63, 3.8) is 0 Å². The Bertz CT molecular complexity index is 1500. The van der Waals surface area contributed by atoms with Crippen LogP contribution in [-0.4, -0.2) is 122 Å². The number of alkyl halides is 3. The first kappa shape index (κ1) is 40.4. The number of aromatic nitrogens is 2. The van der Waals surface area contributed by atoms with Crippen molar-refractivity contribution in [3.8, 4) is 17.8 Å². The molecule has 2 aromatic carbocycles. The summed E-state index contributed by atoms with van der Waals surface area (Å²) in [6, 6.07) is 20.3. The van der Waals surface area contributed by atoms with Crippen LogP contribution in [0.15, 0.2) is 60.7 Å². The average molecular weight is 759 g/mol. The highest BCUT2D eigenvalue weighted by Crippen LogP contribution is 2.38. The van der Waals surface area contributed by atoms with E-state index in [1.807, 2.05) is 41.3 Å². The number of carbonyl (C=O) groups excluding carboxylic acids is 1.